The Morgan fingerprint density at radius 2 is 2.41 bits per heavy atom. The molecule has 0 aliphatic heterocycles. The molecule has 1 rings (SSSR count). The summed E-state index contributed by atoms with van der Waals surface area (Å²) < 4.78 is 1.69. The Hall–Kier alpha value is -1.95. The predicted octanol–water partition coefficient (Wildman–Crippen LogP) is -0.753. The van der Waals surface area contributed by atoms with Crippen LogP contribution in [0.25, 0.3) is 0 Å². The van der Waals surface area contributed by atoms with Gasteiger partial charge in [0.15, 0.2) is 6.20 Å². The zero-order valence-corrected chi connectivity index (χ0v) is 9.54. The van der Waals surface area contributed by atoms with Crippen molar-refractivity contribution >= 4 is 12.1 Å². The molecule has 0 bridgehead atoms. The first-order chi connectivity index (χ1) is 8.27. The summed E-state index contributed by atoms with van der Waals surface area (Å²) in [7, 11) is 0. The number of rotatable bonds is 6. The topological polar surface area (TPSA) is 91.6 Å². The minimum atomic E-state index is -0.0951. The molecule has 6 heteroatoms. The second-order valence-corrected chi connectivity index (χ2v) is 3.49. The highest BCUT2D eigenvalue weighted by Gasteiger charge is 2.12. The van der Waals surface area contributed by atoms with Gasteiger partial charge < -0.3 is 16.3 Å². The van der Waals surface area contributed by atoms with E-state index in [2.05, 4.69) is 10.5 Å². The lowest BCUT2D eigenvalue weighted by atomic mass is 10.3. The molecule has 1 amide bonds. The zero-order valence-electron chi connectivity index (χ0n) is 9.54. The van der Waals surface area contributed by atoms with Gasteiger partial charge in [0.05, 0.1) is 0 Å². The van der Waals surface area contributed by atoms with Crippen LogP contribution in [0, 0.1) is 0 Å². The highest BCUT2D eigenvalue weighted by atomic mass is 16.4. The average molecular weight is 237 g/mol. The van der Waals surface area contributed by atoms with Gasteiger partial charge in [-0.25, -0.2) is 0 Å². The largest absolute Gasteiger partial charge is 0.411 e. The van der Waals surface area contributed by atoms with Crippen molar-refractivity contribution < 1.29 is 14.6 Å². The number of pyridine rings is 1. The lowest BCUT2D eigenvalue weighted by Gasteiger charge is -2.02. The van der Waals surface area contributed by atoms with Gasteiger partial charge in [-0.1, -0.05) is 5.16 Å². The first-order valence-corrected chi connectivity index (χ1v) is 5.40. The van der Waals surface area contributed by atoms with Crippen molar-refractivity contribution in [2.75, 3.05) is 13.1 Å². The summed E-state index contributed by atoms with van der Waals surface area (Å²) >= 11 is 0. The molecule has 0 spiro atoms. The first kappa shape index (κ1) is 13.1. The maximum Gasteiger partial charge on any atom is 0.286 e. The monoisotopic (exact) mass is 237 g/mol. The van der Waals surface area contributed by atoms with Crippen LogP contribution < -0.4 is 15.6 Å². The lowest BCUT2D eigenvalue weighted by molar-refractivity contribution is -0.685. The number of hydrogen-bond acceptors (Lipinski definition) is 4. The van der Waals surface area contributed by atoms with E-state index in [1.165, 1.54) is 6.21 Å². The standard InChI is InChI=1S/C11H16N4O2/c12-5-3-6-13-11(16)9-15-7-2-1-4-10(15)8-14-17/h1-2,4,7-8H,3,5-6,9,12H2,(H,13,16)/p+1. The Morgan fingerprint density at radius 1 is 1.59 bits per heavy atom. The number of oxime groups is 1. The second kappa shape index (κ2) is 7.34. The third-order valence-electron chi connectivity index (χ3n) is 2.18. The summed E-state index contributed by atoms with van der Waals surface area (Å²) in [6.45, 7) is 1.32. The number of aromatic nitrogens is 1. The molecular formula is C11H17N4O2+. The molecule has 6 nitrogen and oxygen atoms in total. The number of nitrogens with one attached hydrogen (secondary N) is 1. The second-order valence-electron chi connectivity index (χ2n) is 3.49. The van der Waals surface area contributed by atoms with E-state index < -0.39 is 0 Å². The molecule has 92 valence electrons. The molecule has 4 N–H and O–H groups in total. The van der Waals surface area contributed by atoms with Crippen molar-refractivity contribution in [3.8, 4) is 0 Å². The van der Waals surface area contributed by atoms with Gasteiger partial charge in [0.2, 0.25) is 12.2 Å². The van der Waals surface area contributed by atoms with Gasteiger partial charge in [-0.15, -0.1) is 0 Å². The van der Waals surface area contributed by atoms with Gasteiger partial charge in [-0.05, 0) is 19.0 Å². The Bertz CT molecular complexity index is 393. The van der Waals surface area contributed by atoms with Crippen LogP contribution in [0.15, 0.2) is 29.6 Å². The molecule has 1 aromatic heterocycles. The number of nitrogens with zero attached hydrogens (tertiary/aromatic N) is 2. The summed E-state index contributed by atoms with van der Waals surface area (Å²) in [6, 6.07) is 5.37. The van der Waals surface area contributed by atoms with Crippen molar-refractivity contribution in [3.05, 3.63) is 30.1 Å². The first-order valence-electron chi connectivity index (χ1n) is 5.40. The van der Waals surface area contributed by atoms with Crippen LogP contribution in [0.2, 0.25) is 0 Å². The van der Waals surface area contributed by atoms with E-state index in [-0.39, 0.29) is 12.5 Å². The van der Waals surface area contributed by atoms with Crippen LogP contribution in [-0.4, -0.2) is 30.4 Å². The third-order valence-corrected chi connectivity index (χ3v) is 2.18. The maximum absolute atomic E-state index is 11.6. The minimum Gasteiger partial charge on any atom is -0.411 e. The fraction of sp³-hybridized carbons (Fsp3) is 0.364. The molecule has 0 fully saturated rings. The van der Waals surface area contributed by atoms with E-state index in [0.29, 0.717) is 18.8 Å². The third kappa shape index (κ3) is 4.60. The van der Waals surface area contributed by atoms with Gasteiger partial charge in [-0.2, -0.15) is 4.57 Å². The Morgan fingerprint density at radius 3 is 3.12 bits per heavy atom. The molecule has 0 aliphatic rings. The number of carbonyl (C=O) groups excluding carboxylic acids is 1. The summed E-state index contributed by atoms with van der Waals surface area (Å²) in [4.78, 5) is 11.6. The average Bonchev–Trinajstić information content (AvgIpc) is 2.32. The van der Waals surface area contributed by atoms with Crippen molar-refractivity contribution in [1.29, 1.82) is 0 Å². The van der Waals surface area contributed by atoms with Crippen molar-refractivity contribution in [2.45, 2.75) is 13.0 Å². The Balaban J connectivity index is 2.58. The van der Waals surface area contributed by atoms with Crippen molar-refractivity contribution in [3.63, 3.8) is 0 Å². The Kier molecular flexibility index (Phi) is 5.67. The van der Waals surface area contributed by atoms with Gasteiger partial charge in [0.25, 0.3) is 5.91 Å². The van der Waals surface area contributed by atoms with E-state index in [1.54, 1.807) is 22.9 Å². The highest BCUT2D eigenvalue weighted by molar-refractivity contribution is 5.76. The van der Waals surface area contributed by atoms with Crippen molar-refractivity contribution in [1.82, 2.24) is 5.32 Å². The molecule has 0 radical (unpaired) electrons. The summed E-state index contributed by atoms with van der Waals surface area (Å²) in [5.41, 5.74) is 5.99. The van der Waals surface area contributed by atoms with E-state index in [4.69, 9.17) is 10.9 Å². The summed E-state index contributed by atoms with van der Waals surface area (Å²) in [5, 5.41) is 14.2. The zero-order chi connectivity index (χ0) is 12.5. The molecule has 1 aromatic rings. The summed E-state index contributed by atoms with van der Waals surface area (Å²) in [5.74, 6) is -0.0951. The smallest absolute Gasteiger partial charge is 0.286 e. The van der Waals surface area contributed by atoms with E-state index in [9.17, 15) is 4.79 Å². The molecule has 0 atom stereocenters. The molecule has 0 aromatic carbocycles. The van der Waals surface area contributed by atoms with Crippen LogP contribution in [0.5, 0.6) is 0 Å². The molecule has 17 heavy (non-hydrogen) atoms. The van der Waals surface area contributed by atoms with E-state index in [1.807, 2.05) is 6.07 Å². The van der Waals surface area contributed by atoms with Gasteiger partial charge in [-0.3, -0.25) is 4.79 Å². The fourth-order valence-electron chi connectivity index (χ4n) is 1.35. The van der Waals surface area contributed by atoms with Crippen LogP contribution in [0.1, 0.15) is 12.1 Å². The number of amides is 1. The van der Waals surface area contributed by atoms with E-state index >= 15 is 0 Å². The molecule has 1 heterocycles. The predicted molar refractivity (Wildman–Crippen MR) is 62.7 cm³/mol. The molecule has 0 saturated heterocycles. The molecular weight excluding hydrogens is 220 g/mol. The minimum absolute atomic E-state index is 0.0951. The molecule has 0 unspecified atom stereocenters. The molecule has 0 aliphatic carbocycles. The van der Waals surface area contributed by atoms with Gasteiger partial charge in [0, 0.05) is 18.7 Å². The van der Waals surface area contributed by atoms with Crippen LogP contribution >= 0.6 is 0 Å². The Labute approximate surface area is 99.7 Å². The molecule has 0 saturated carbocycles. The van der Waals surface area contributed by atoms with Gasteiger partial charge >= 0.3 is 0 Å². The summed E-state index contributed by atoms with van der Waals surface area (Å²) in [6.07, 6.45) is 3.79. The SMILES string of the molecule is NCCCNC(=O)C[n+]1ccccc1/C=N/O. The van der Waals surface area contributed by atoms with Crippen molar-refractivity contribution in [2.24, 2.45) is 10.9 Å². The number of nitrogens with two attached hydrogens (primary N) is 1. The quantitative estimate of drug-likeness (QED) is 0.200. The van der Waals surface area contributed by atoms with Crippen LogP contribution in [0.3, 0.4) is 0 Å². The fourth-order valence-corrected chi connectivity index (χ4v) is 1.35. The normalized spacial score (nSPS) is 10.6. The maximum atomic E-state index is 11.6. The number of carbonyl (C=O) groups is 1. The number of hydrogen-bond donors (Lipinski definition) is 3. The lowest BCUT2D eigenvalue weighted by Crippen LogP contribution is -2.45. The van der Waals surface area contributed by atoms with Crippen LogP contribution in [0.4, 0.5) is 0 Å². The van der Waals surface area contributed by atoms with Gasteiger partial charge in [0.1, 0.15) is 6.21 Å². The van der Waals surface area contributed by atoms with Crippen LogP contribution in [-0.2, 0) is 11.3 Å². The highest BCUT2D eigenvalue weighted by Crippen LogP contribution is 1.87. The van der Waals surface area contributed by atoms with E-state index in [0.717, 1.165) is 6.42 Å².